The number of nitriles is 2. The third-order valence-corrected chi connectivity index (χ3v) is 4.46. The van der Waals surface area contributed by atoms with E-state index in [1.54, 1.807) is 12.2 Å². The maximum Gasteiger partial charge on any atom is 0.263 e. The largest absolute Gasteiger partial charge is 0.263 e. The normalized spacial score (nSPS) is 11.4. The minimum absolute atomic E-state index is 0.0544. The molecule has 2 aromatic rings. The first-order valence-corrected chi connectivity index (χ1v) is 6.85. The fourth-order valence-corrected chi connectivity index (χ4v) is 3.76. The summed E-state index contributed by atoms with van der Waals surface area (Å²) in [5.41, 5.74) is 0.109. The molecule has 6 heteroatoms. The summed E-state index contributed by atoms with van der Waals surface area (Å²) in [5.74, 6) is 0. The van der Waals surface area contributed by atoms with Crippen molar-refractivity contribution in [3.05, 3.63) is 56.1 Å². The predicted octanol–water partition coefficient (Wildman–Crippen LogP) is 4.53. The minimum atomic E-state index is 0.0544. The molecule has 2 aromatic heterocycles. The minimum Gasteiger partial charge on any atom is -0.227 e. The molecular formula is C14H4N4S2. The topological polar surface area (TPSA) is 56.3 Å². The van der Waals surface area contributed by atoms with Crippen LogP contribution in [0.2, 0.25) is 0 Å². The molecule has 20 heavy (non-hydrogen) atoms. The van der Waals surface area contributed by atoms with Crippen LogP contribution in [-0.2, 0) is 0 Å². The van der Waals surface area contributed by atoms with Crippen LogP contribution in [0, 0.1) is 35.8 Å². The molecule has 0 aliphatic rings. The first-order valence-electron chi connectivity index (χ1n) is 5.22. The Morgan fingerprint density at radius 2 is 1.35 bits per heavy atom. The molecule has 92 valence electrons. The van der Waals surface area contributed by atoms with Crippen molar-refractivity contribution in [1.82, 2.24) is 0 Å². The van der Waals surface area contributed by atoms with Gasteiger partial charge in [0.2, 0.25) is 0 Å². The zero-order valence-electron chi connectivity index (χ0n) is 9.91. The number of nitrogens with zero attached hydrogens (tertiary/aromatic N) is 4. The average Bonchev–Trinajstić information content (AvgIpc) is 2.99. The Morgan fingerprint density at radius 3 is 1.65 bits per heavy atom. The molecule has 0 fully saturated rings. The van der Waals surface area contributed by atoms with Crippen LogP contribution < -0.4 is 0 Å². The van der Waals surface area contributed by atoms with Gasteiger partial charge >= 0.3 is 0 Å². The summed E-state index contributed by atoms with van der Waals surface area (Å²) in [6.45, 7) is 13.7. The standard InChI is InChI=1S/C14H4N4S2/c1-17-9(7-15)3-11-5-13-14(19-11)6-12(20-13)4-10(8-16)18-2/h3-6H/b9-3-,10-4+. The van der Waals surface area contributed by atoms with Crippen LogP contribution in [0.1, 0.15) is 9.75 Å². The third kappa shape index (κ3) is 2.74. The number of thiophene rings is 2. The predicted molar refractivity (Wildman–Crippen MR) is 80.1 cm³/mol. The van der Waals surface area contributed by atoms with Crippen LogP contribution in [0.3, 0.4) is 0 Å². The van der Waals surface area contributed by atoms with Gasteiger partial charge in [0.25, 0.3) is 11.4 Å². The lowest BCUT2D eigenvalue weighted by atomic mass is 10.3. The van der Waals surface area contributed by atoms with Gasteiger partial charge in [-0.1, -0.05) is 0 Å². The highest BCUT2D eigenvalue weighted by molar-refractivity contribution is 7.28. The van der Waals surface area contributed by atoms with Crippen LogP contribution >= 0.6 is 22.7 Å². The van der Waals surface area contributed by atoms with E-state index in [1.165, 1.54) is 22.7 Å². The van der Waals surface area contributed by atoms with Gasteiger partial charge < -0.3 is 0 Å². The monoisotopic (exact) mass is 292 g/mol. The first kappa shape index (κ1) is 13.5. The van der Waals surface area contributed by atoms with Crippen molar-refractivity contribution in [3.8, 4) is 12.1 Å². The van der Waals surface area contributed by atoms with Crippen LogP contribution in [0.25, 0.3) is 31.2 Å². The average molecular weight is 292 g/mol. The van der Waals surface area contributed by atoms with Crippen LogP contribution in [0.5, 0.6) is 0 Å². The lowest BCUT2D eigenvalue weighted by Crippen LogP contribution is -1.67. The highest BCUT2D eigenvalue weighted by Gasteiger charge is 2.06. The van der Waals surface area contributed by atoms with E-state index in [0.717, 1.165) is 19.2 Å². The van der Waals surface area contributed by atoms with Gasteiger partial charge in [0, 0.05) is 19.2 Å². The van der Waals surface area contributed by atoms with Crippen molar-refractivity contribution >= 4 is 44.2 Å². The van der Waals surface area contributed by atoms with E-state index in [1.807, 2.05) is 24.3 Å². The molecule has 0 aliphatic carbocycles. The summed E-state index contributed by atoms with van der Waals surface area (Å²) in [5, 5.41) is 17.4. The Balaban J connectivity index is 2.41. The molecule has 0 aromatic carbocycles. The smallest absolute Gasteiger partial charge is 0.227 e. The molecule has 0 saturated heterocycles. The summed E-state index contributed by atoms with van der Waals surface area (Å²) in [4.78, 5) is 7.93. The summed E-state index contributed by atoms with van der Waals surface area (Å²) in [7, 11) is 0. The Bertz CT molecular complexity index is 763. The van der Waals surface area contributed by atoms with Crippen molar-refractivity contribution in [2.24, 2.45) is 0 Å². The number of rotatable bonds is 2. The van der Waals surface area contributed by atoms with Gasteiger partial charge in [-0.15, -0.1) is 22.7 Å². The van der Waals surface area contributed by atoms with Gasteiger partial charge in [-0.2, -0.15) is 0 Å². The molecule has 0 amide bonds. The van der Waals surface area contributed by atoms with Crippen molar-refractivity contribution in [3.63, 3.8) is 0 Å². The Morgan fingerprint density at radius 1 is 0.950 bits per heavy atom. The fourth-order valence-electron chi connectivity index (χ4n) is 1.46. The SMILES string of the molecule is [C-]#[N+]/C(C#N)=C\c1cc2sc(/C=C(\C#N)[N+]#[C-])cc2s1. The molecule has 0 spiro atoms. The van der Waals surface area contributed by atoms with Gasteiger partial charge in [-0.25, -0.2) is 20.2 Å². The van der Waals surface area contributed by atoms with E-state index in [9.17, 15) is 0 Å². The molecule has 2 heterocycles. The number of allylic oxidation sites excluding steroid dienone is 2. The van der Waals surface area contributed by atoms with E-state index in [2.05, 4.69) is 9.69 Å². The zero-order chi connectivity index (χ0) is 14.5. The van der Waals surface area contributed by atoms with E-state index in [4.69, 9.17) is 23.7 Å². The number of fused-ring (bicyclic) bond motifs is 1. The van der Waals surface area contributed by atoms with Gasteiger partial charge in [-0.3, -0.25) is 0 Å². The molecule has 0 unspecified atom stereocenters. The molecule has 2 rings (SSSR count). The van der Waals surface area contributed by atoms with Crippen LogP contribution in [0.4, 0.5) is 0 Å². The van der Waals surface area contributed by atoms with E-state index < -0.39 is 0 Å². The lowest BCUT2D eigenvalue weighted by molar-refractivity contribution is 1.51. The maximum absolute atomic E-state index is 8.72. The van der Waals surface area contributed by atoms with E-state index in [-0.39, 0.29) is 11.4 Å². The molecule has 0 saturated carbocycles. The quantitative estimate of drug-likeness (QED) is 0.603. The molecular weight excluding hydrogens is 288 g/mol. The van der Waals surface area contributed by atoms with Gasteiger partial charge in [0.1, 0.15) is 0 Å². The summed E-state index contributed by atoms with van der Waals surface area (Å²) >= 11 is 2.94. The Labute approximate surface area is 123 Å². The molecule has 0 radical (unpaired) electrons. The van der Waals surface area contributed by atoms with Crippen molar-refractivity contribution < 1.29 is 0 Å². The molecule has 0 N–H and O–H groups in total. The third-order valence-electron chi connectivity index (χ3n) is 2.27. The van der Waals surface area contributed by atoms with Gasteiger partial charge in [-0.05, 0) is 24.3 Å². The zero-order valence-corrected chi connectivity index (χ0v) is 11.5. The van der Waals surface area contributed by atoms with Gasteiger partial charge in [0.15, 0.2) is 0 Å². The molecule has 0 bridgehead atoms. The molecule has 0 atom stereocenters. The number of hydrogen-bond acceptors (Lipinski definition) is 4. The Hall–Kier alpha value is -2.90. The van der Waals surface area contributed by atoms with Crippen molar-refractivity contribution in [2.75, 3.05) is 0 Å². The lowest BCUT2D eigenvalue weighted by Gasteiger charge is -1.85. The molecule has 0 aliphatic heterocycles. The highest BCUT2D eigenvalue weighted by atomic mass is 32.1. The van der Waals surface area contributed by atoms with Crippen molar-refractivity contribution in [1.29, 1.82) is 10.5 Å². The Kier molecular flexibility index (Phi) is 3.94. The highest BCUT2D eigenvalue weighted by Crippen LogP contribution is 2.35. The van der Waals surface area contributed by atoms with Crippen LogP contribution in [-0.4, -0.2) is 0 Å². The second-order valence-electron chi connectivity index (χ2n) is 3.53. The first-order chi connectivity index (χ1) is 9.69. The second kappa shape index (κ2) is 5.83. The fraction of sp³-hybridized carbons (Fsp3) is 0. The second-order valence-corrected chi connectivity index (χ2v) is 5.76. The van der Waals surface area contributed by atoms with Crippen LogP contribution in [0.15, 0.2) is 23.5 Å². The van der Waals surface area contributed by atoms with E-state index in [0.29, 0.717) is 0 Å². The maximum atomic E-state index is 8.72. The van der Waals surface area contributed by atoms with Gasteiger partial charge in [0.05, 0.1) is 25.3 Å². The van der Waals surface area contributed by atoms with E-state index >= 15 is 0 Å². The summed E-state index contributed by atoms with van der Waals surface area (Å²) < 4.78 is 2.02. The summed E-state index contributed by atoms with van der Waals surface area (Å²) in [6, 6.07) is 7.45. The van der Waals surface area contributed by atoms with Crippen molar-refractivity contribution in [2.45, 2.75) is 0 Å². The number of hydrogen-bond donors (Lipinski definition) is 0. The summed E-state index contributed by atoms with van der Waals surface area (Å²) in [6.07, 6.45) is 3.11. The molecule has 4 nitrogen and oxygen atoms in total.